The molecule has 2 rings (SSSR count). The van der Waals surface area contributed by atoms with Gasteiger partial charge in [0.2, 0.25) is 5.91 Å². The first-order chi connectivity index (χ1) is 10.2. The molecule has 0 spiro atoms. The molecule has 21 heavy (non-hydrogen) atoms. The molecule has 0 aliphatic rings. The van der Waals surface area contributed by atoms with Gasteiger partial charge in [-0.1, -0.05) is 42.3 Å². The molecule has 0 saturated carbocycles. The Balaban J connectivity index is 2.09. The van der Waals surface area contributed by atoms with Gasteiger partial charge in [0.25, 0.3) is 0 Å². The molecule has 0 aliphatic heterocycles. The number of amides is 1. The van der Waals surface area contributed by atoms with Crippen LogP contribution in [0.25, 0.3) is 0 Å². The highest BCUT2D eigenvalue weighted by Crippen LogP contribution is 2.16. The fourth-order valence-electron chi connectivity index (χ4n) is 1.83. The predicted octanol–water partition coefficient (Wildman–Crippen LogP) is 2.17. The Morgan fingerprint density at radius 2 is 2.00 bits per heavy atom. The third-order valence-corrected chi connectivity index (χ3v) is 2.99. The Bertz CT molecular complexity index is 672. The number of hydrogen-bond donors (Lipinski definition) is 2. The minimum atomic E-state index is -0.264. The van der Waals surface area contributed by atoms with E-state index in [9.17, 15) is 4.79 Å². The number of carbonyl (C=O) groups excluding carboxylic acids is 1. The van der Waals surface area contributed by atoms with Crippen LogP contribution in [0.3, 0.4) is 0 Å². The van der Waals surface area contributed by atoms with Gasteiger partial charge in [-0.3, -0.25) is 4.79 Å². The molecule has 2 N–H and O–H groups in total. The standard InChI is InChI=1S/C17H16N2O2/c1-13(14-7-3-2-4-8-14)17(21)19-16-11-5-9-15(18-16)10-6-12-20/h2-5,7-9,11,13,20H,12H2,1H3,(H,18,19,21). The topological polar surface area (TPSA) is 62.2 Å². The Labute approximate surface area is 123 Å². The number of pyridine rings is 1. The van der Waals surface area contributed by atoms with Gasteiger partial charge in [0, 0.05) is 0 Å². The molecule has 0 aliphatic carbocycles. The number of benzene rings is 1. The summed E-state index contributed by atoms with van der Waals surface area (Å²) in [5, 5.41) is 11.4. The van der Waals surface area contributed by atoms with Crippen molar-refractivity contribution in [3.8, 4) is 11.8 Å². The van der Waals surface area contributed by atoms with Crippen molar-refractivity contribution in [2.24, 2.45) is 0 Å². The maximum atomic E-state index is 12.2. The lowest BCUT2D eigenvalue weighted by atomic mass is 10.0. The van der Waals surface area contributed by atoms with E-state index < -0.39 is 0 Å². The van der Waals surface area contributed by atoms with E-state index in [2.05, 4.69) is 22.1 Å². The van der Waals surface area contributed by atoms with Gasteiger partial charge >= 0.3 is 0 Å². The van der Waals surface area contributed by atoms with Crippen molar-refractivity contribution in [1.29, 1.82) is 0 Å². The van der Waals surface area contributed by atoms with Gasteiger partial charge in [0.05, 0.1) is 5.92 Å². The van der Waals surface area contributed by atoms with Gasteiger partial charge in [-0.15, -0.1) is 0 Å². The molecule has 1 unspecified atom stereocenters. The molecule has 2 aromatic rings. The normalized spacial score (nSPS) is 11.1. The number of rotatable bonds is 3. The molecule has 0 radical (unpaired) electrons. The second-order valence-corrected chi connectivity index (χ2v) is 4.49. The Morgan fingerprint density at radius 1 is 1.24 bits per heavy atom. The van der Waals surface area contributed by atoms with Crippen molar-refractivity contribution in [2.45, 2.75) is 12.8 Å². The molecular formula is C17H16N2O2. The van der Waals surface area contributed by atoms with Crippen molar-refractivity contribution < 1.29 is 9.90 Å². The summed E-state index contributed by atoms with van der Waals surface area (Å²) >= 11 is 0. The fourth-order valence-corrected chi connectivity index (χ4v) is 1.83. The van der Waals surface area contributed by atoms with E-state index >= 15 is 0 Å². The molecule has 106 valence electrons. The molecule has 4 nitrogen and oxygen atoms in total. The summed E-state index contributed by atoms with van der Waals surface area (Å²) in [6, 6.07) is 14.8. The van der Waals surface area contributed by atoms with Crippen LogP contribution in [0.1, 0.15) is 24.1 Å². The second-order valence-electron chi connectivity index (χ2n) is 4.49. The summed E-state index contributed by atoms with van der Waals surface area (Å²) in [6.45, 7) is 1.63. The summed E-state index contributed by atoms with van der Waals surface area (Å²) in [7, 11) is 0. The molecule has 1 heterocycles. The van der Waals surface area contributed by atoms with E-state index in [4.69, 9.17) is 5.11 Å². The number of aliphatic hydroxyl groups is 1. The zero-order chi connectivity index (χ0) is 15.1. The first-order valence-corrected chi connectivity index (χ1v) is 6.63. The maximum Gasteiger partial charge on any atom is 0.232 e. The average Bonchev–Trinajstić information content (AvgIpc) is 2.53. The third-order valence-electron chi connectivity index (χ3n) is 2.99. The fraction of sp³-hybridized carbons (Fsp3) is 0.176. The van der Waals surface area contributed by atoms with E-state index in [1.807, 2.05) is 37.3 Å². The number of aromatic nitrogens is 1. The smallest absolute Gasteiger partial charge is 0.232 e. The highest BCUT2D eigenvalue weighted by Gasteiger charge is 2.15. The van der Waals surface area contributed by atoms with Crippen molar-refractivity contribution in [2.75, 3.05) is 11.9 Å². The summed E-state index contributed by atoms with van der Waals surface area (Å²) in [5.41, 5.74) is 1.46. The lowest BCUT2D eigenvalue weighted by Crippen LogP contribution is -2.19. The Hall–Kier alpha value is -2.64. The van der Waals surface area contributed by atoms with Crippen LogP contribution in [0.4, 0.5) is 5.82 Å². The quantitative estimate of drug-likeness (QED) is 0.847. The van der Waals surface area contributed by atoms with Gasteiger partial charge in [0.15, 0.2) is 0 Å². The highest BCUT2D eigenvalue weighted by atomic mass is 16.2. The van der Waals surface area contributed by atoms with E-state index in [0.717, 1.165) is 5.56 Å². The molecule has 0 fully saturated rings. The van der Waals surface area contributed by atoms with Crippen LogP contribution < -0.4 is 5.32 Å². The molecule has 1 aromatic carbocycles. The summed E-state index contributed by atoms with van der Waals surface area (Å²) in [6.07, 6.45) is 0. The van der Waals surface area contributed by atoms with Crippen molar-refractivity contribution in [3.05, 3.63) is 59.8 Å². The van der Waals surface area contributed by atoms with Crippen LogP contribution in [0.2, 0.25) is 0 Å². The van der Waals surface area contributed by atoms with Gasteiger partial charge in [-0.05, 0) is 30.5 Å². The van der Waals surface area contributed by atoms with Crippen LogP contribution in [0, 0.1) is 11.8 Å². The maximum absolute atomic E-state index is 12.2. The number of hydrogen-bond acceptors (Lipinski definition) is 3. The lowest BCUT2D eigenvalue weighted by molar-refractivity contribution is -0.117. The van der Waals surface area contributed by atoms with E-state index in [0.29, 0.717) is 11.5 Å². The van der Waals surface area contributed by atoms with Crippen LogP contribution in [-0.2, 0) is 4.79 Å². The Morgan fingerprint density at radius 3 is 2.71 bits per heavy atom. The summed E-state index contributed by atoms with van der Waals surface area (Å²) < 4.78 is 0. The SMILES string of the molecule is CC(C(=O)Nc1cccc(C#CCO)n1)c1ccccc1. The molecule has 4 heteroatoms. The molecule has 1 atom stereocenters. The van der Waals surface area contributed by atoms with Gasteiger partial charge in [0.1, 0.15) is 18.1 Å². The predicted molar refractivity (Wildman–Crippen MR) is 81.7 cm³/mol. The zero-order valence-corrected chi connectivity index (χ0v) is 11.7. The molecule has 1 aromatic heterocycles. The second kappa shape index (κ2) is 7.22. The largest absolute Gasteiger partial charge is 0.384 e. The minimum absolute atomic E-state index is 0.124. The van der Waals surface area contributed by atoms with Gasteiger partial charge in [-0.2, -0.15) is 0 Å². The van der Waals surface area contributed by atoms with E-state index in [1.165, 1.54) is 0 Å². The monoisotopic (exact) mass is 280 g/mol. The van der Waals surface area contributed by atoms with Crippen molar-refractivity contribution in [1.82, 2.24) is 4.98 Å². The number of anilines is 1. The van der Waals surface area contributed by atoms with Crippen LogP contribution in [-0.4, -0.2) is 22.6 Å². The average molecular weight is 280 g/mol. The van der Waals surface area contributed by atoms with Crippen molar-refractivity contribution in [3.63, 3.8) is 0 Å². The molecule has 1 amide bonds. The van der Waals surface area contributed by atoms with Gasteiger partial charge < -0.3 is 10.4 Å². The molecule has 0 saturated heterocycles. The Kier molecular flexibility index (Phi) is 5.08. The van der Waals surface area contributed by atoms with E-state index in [1.54, 1.807) is 18.2 Å². The van der Waals surface area contributed by atoms with Crippen LogP contribution in [0.15, 0.2) is 48.5 Å². The number of nitrogens with one attached hydrogen (secondary N) is 1. The molecule has 0 bridgehead atoms. The van der Waals surface area contributed by atoms with Gasteiger partial charge in [-0.25, -0.2) is 4.98 Å². The third kappa shape index (κ3) is 4.16. The van der Waals surface area contributed by atoms with Crippen LogP contribution in [0.5, 0.6) is 0 Å². The first-order valence-electron chi connectivity index (χ1n) is 6.63. The van der Waals surface area contributed by atoms with Crippen molar-refractivity contribution >= 4 is 11.7 Å². The molecular weight excluding hydrogens is 264 g/mol. The lowest BCUT2D eigenvalue weighted by Gasteiger charge is -2.12. The van der Waals surface area contributed by atoms with E-state index in [-0.39, 0.29) is 18.4 Å². The number of aliphatic hydroxyl groups excluding tert-OH is 1. The highest BCUT2D eigenvalue weighted by molar-refractivity contribution is 5.94. The first kappa shape index (κ1) is 14.8. The summed E-state index contributed by atoms with van der Waals surface area (Å²) in [4.78, 5) is 16.4. The number of nitrogens with zero attached hydrogens (tertiary/aromatic N) is 1. The number of carbonyl (C=O) groups is 1. The van der Waals surface area contributed by atoms with Crippen LogP contribution >= 0.6 is 0 Å². The minimum Gasteiger partial charge on any atom is -0.384 e. The summed E-state index contributed by atoms with van der Waals surface area (Å²) in [5.74, 6) is 5.29. The zero-order valence-electron chi connectivity index (χ0n) is 11.7.